The van der Waals surface area contributed by atoms with Crippen molar-refractivity contribution < 1.29 is 27.9 Å². The average molecular weight is 542 g/mol. The molecule has 2 atom stereocenters. The molecular formula is C28H32FN3O5S. The zero-order valence-electron chi connectivity index (χ0n) is 21.1. The summed E-state index contributed by atoms with van der Waals surface area (Å²) in [4.78, 5) is 32.2. The molecule has 2 aliphatic heterocycles. The molecule has 0 unspecified atom stereocenters. The summed E-state index contributed by atoms with van der Waals surface area (Å²) >= 11 is 1.50. The van der Waals surface area contributed by atoms with E-state index in [0.717, 1.165) is 30.8 Å². The van der Waals surface area contributed by atoms with Gasteiger partial charge >= 0.3 is 0 Å². The molecule has 3 aromatic rings. The van der Waals surface area contributed by atoms with E-state index in [0.29, 0.717) is 44.2 Å². The molecule has 0 spiro atoms. The molecule has 2 aromatic heterocycles. The summed E-state index contributed by atoms with van der Waals surface area (Å²) in [5.41, 5.74) is 0.515. The summed E-state index contributed by atoms with van der Waals surface area (Å²) in [6.45, 7) is 4.73. The number of halogens is 1. The van der Waals surface area contributed by atoms with Crippen molar-refractivity contribution in [2.24, 2.45) is 0 Å². The molecule has 1 aromatic carbocycles. The Balaban J connectivity index is 1.42. The van der Waals surface area contributed by atoms with Crippen LogP contribution in [0.15, 0.2) is 58.3 Å². The molecule has 38 heavy (non-hydrogen) atoms. The summed E-state index contributed by atoms with van der Waals surface area (Å²) in [7, 11) is 0. The molecule has 0 aliphatic carbocycles. The van der Waals surface area contributed by atoms with E-state index in [9.17, 15) is 14.0 Å². The maximum atomic E-state index is 13.9. The van der Waals surface area contributed by atoms with E-state index in [1.807, 2.05) is 17.5 Å². The molecule has 5 rings (SSSR count). The Bertz CT molecular complexity index is 1190. The number of nitrogens with zero attached hydrogens (tertiary/aromatic N) is 2. The van der Waals surface area contributed by atoms with Gasteiger partial charge in [-0.3, -0.25) is 14.5 Å². The number of carbonyl (C=O) groups is 2. The van der Waals surface area contributed by atoms with Crippen molar-refractivity contribution in [1.82, 2.24) is 15.1 Å². The van der Waals surface area contributed by atoms with Crippen molar-refractivity contribution in [3.63, 3.8) is 0 Å². The van der Waals surface area contributed by atoms with Crippen LogP contribution in [-0.4, -0.2) is 67.2 Å². The largest absolute Gasteiger partial charge is 0.455 e. The van der Waals surface area contributed by atoms with E-state index >= 15 is 0 Å². The van der Waals surface area contributed by atoms with Crippen molar-refractivity contribution in [1.29, 1.82) is 0 Å². The van der Waals surface area contributed by atoms with Gasteiger partial charge in [0.1, 0.15) is 17.6 Å². The van der Waals surface area contributed by atoms with Crippen LogP contribution in [0.2, 0.25) is 0 Å². The van der Waals surface area contributed by atoms with Gasteiger partial charge in [0.25, 0.3) is 5.91 Å². The van der Waals surface area contributed by atoms with E-state index in [-0.39, 0.29) is 24.3 Å². The first-order chi connectivity index (χ1) is 18.6. The highest BCUT2D eigenvalue weighted by Crippen LogP contribution is 2.28. The van der Waals surface area contributed by atoms with Gasteiger partial charge in [-0.15, -0.1) is 11.3 Å². The molecule has 2 amide bonds. The van der Waals surface area contributed by atoms with Crippen LogP contribution in [0, 0.1) is 5.82 Å². The number of morpholine rings is 1. The summed E-state index contributed by atoms with van der Waals surface area (Å²) in [5, 5.41) is 4.89. The standard InChI is InChI=1S/C28H32FN3O5S/c29-21-7-5-20(6-8-21)26(27(33)30-17-22-3-1-13-36-22)32(19-24-4-2-16-38-24)28(34)25-10-9-23(37-25)18-31-11-14-35-15-12-31/h2,4-10,16,22,26H,1,3,11-15,17-19H2,(H,30,33)/t22-,26+/m1/s1. The van der Waals surface area contributed by atoms with E-state index in [1.54, 1.807) is 24.3 Å². The third-order valence-corrected chi connectivity index (χ3v) is 7.66. The zero-order chi connectivity index (χ0) is 26.3. The van der Waals surface area contributed by atoms with Gasteiger partial charge in [-0.1, -0.05) is 18.2 Å². The topological polar surface area (TPSA) is 84.2 Å². The Morgan fingerprint density at radius 2 is 1.92 bits per heavy atom. The van der Waals surface area contributed by atoms with Gasteiger partial charge < -0.3 is 24.1 Å². The fraction of sp³-hybridized carbons (Fsp3) is 0.429. The molecular weight excluding hydrogens is 509 g/mol. The maximum absolute atomic E-state index is 13.9. The lowest BCUT2D eigenvalue weighted by Gasteiger charge is -2.31. The first kappa shape index (κ1) is 26.6. The highest BCUT2D eigenvalue weighted by Gasteiger charge is 2.34. The van der Waals surface area contributed by atoms with Crippen LogP contribution in [-0.2, 0) is 27.4 Å². The molecule has 0 bridgehead atoms. The summed E-state index contributed by atoms with van der Waals surface area (Å²) in [5.74, 6) is -0.344. The van der Waals surface area contributed by atoms with Crippen LogP contribution in [0.1, 0.15) is 45.6 Å². The number of carbonyl (C=O) groups excluding carboxylic acids is 2. The molecule has 1 N–H and O–H groups in total. The van der Waals surface area contributed by atoms with Gasteiger partial charge in [-0.05, 0) is 54.1 Å². The first-order valence-corrected chi connectivity index (χ1v) is 13.8. The lowest BCUT2D eigenvalue weighted by Crippen LogP contribution is -2.45. The minimum atomic E-state index is -0.987. The summed E-state index contributed by atoms with van der Waals surface area (Å²) in [6, 6.07) is 12.0. The summed E-state index contributed by atoms with van der Waals surface area (Å²) in [6.07, 6.45) is 1.77. The number of nitrogens with one attached hydrogen (secondary N) is 1. The second-order valence-electron chi connectivity index (χ2n) is 9.50. The fourth-order valence-electron chi connectivity index (χ4n) is 4.78. The zero-order valence-corrected chi connectivity index (χ0v) is 22.0. The smallest absolute Gasteiger partial charge is 0.290 e. The van der Waals surface area contributed by atoms with Gasteiger partial charge in [-0.25, -0.2) is 4.39 Å². The monoisotopic (exact) mass is 541 g/mol. The predicted octanol–water partition coefficient (Wildman–Crippen LogP) is 3.99. The second kappa shape index (κ2) is 12.7. The normalized spacial score (nSPS) is 18.8. The van der Waals surface area contributed by atoms with Crippen LogP contribution in [0.3, 0.4) is 0 Å². The molecule has 0 saturated carbocycles. The van der Waals surface area contributed by atoms with Crippen LogP contribution < -0.4 is 5.32 Å². The summed E-state index contributed by atoms with van der Waals surface area (Å²) < 4.78 is 30.9. The van der Waals surface area contributed by atoms with Crippen molar-refractivity contribution in [3.05, 3.63) is 81.7 Å². The quantitative estimate of drug-likeness (QED) is 0.418. The van der Waals surface area contributed by atoms with E-state index in [2.05, 4.69) is 10.2 Å². The number of hydrogen-bond acceptors (Lipinski definition) is 7. The molecule has 4 heterocycles. The van der Waals surface area contributed by atoms with Crippen molar-refractivity contribution in [3.8, 4) is 0 Å². The number of benzene rings is 1. The Kier molecular flexibility index (Phi) is 8.85. The van der Waals surface area contributed by atoms with E-state index < -0.39 is 17.8 Å². The number of rotatable bonds is 10. The Morgan fingerprint density at radius 1 is 1.11 bits per heavy atom. The van der Waals surface area contributed by atoms with E-state index in [4.69, 9.17) is 13.9 Å². The van der Waals surface area contributed by atoms with Crippen LogP contribution in [0.25, 0.3) is 0 Å². The molecule has 0 radical (unpaired) electrons. The van der Waals surface area contributed by atoms with Crippen LogP contribution in [0.4, 0.5) is 4.39 Å². The second-order valence-corrected chi connectivity index (χ2v) is 10.5. The molecule has 10 heteroatoms. The van der Waals surface area contributed by atoms with Crippen LogP contribution >= 0.6 is 11.3 Å². The van der Waals surface area contributed by atoms with E-state index in [1.165, 1.54) is 28.4 Å². The third kappa shape index (κ3) is 6.68. The SMILES string of the molecule is O=C(NC[C@H]1CCCO1)[C@H](c1ccc(F)cc1)N(Cc1cccs1)C(=O)c1ccc(CN2CCOCC2)o1. The number of thiophene rings is 1. The van der Waals surface area contributed by atoms with Crippen molar-refractivity contribution in [2.45, 2.75) is 38.1 Å². The van der Waals surface area contributed by atoms with Gasteiger partial charge in [-0.2, -0.15) is 0 Å². The third-order valence-electron chi connectivity index (χ3n) is 6.80. The molecule has 8 nitrogen and oxygen atoms in total. The average Bonchev–Trinajstić information content (AvgIpc) is 3.72. The molecule has 2 fully saturated rings. The number of amides is 2. The Morgan fingerprint density at radius 3 is 2.63 bits per heavy atom. The predicted molar refractivity (Wildman–Crippen MR) is 140 cm³/mol. The number of hydrogen-bond donors (Lipinski definition) is 1. The van der Waals surface area contributed by atoms with Crippen molar-refractivity contribution in [2.75, 3.05) is 39.5 Å². The maximum Gasteiger partial charge on any atom is 0.290 e. The molecule has 202 valence electrons. The number of ether oxygens (including phenoxy) is 2. The Hall–Kier alpha value is -3.05. The minimum Gasteiger partial charge on any atom is -0.455 e. The van der Waals surface area contributed by atoms with Gasteiger partial charge in [0.05, 0.1) is 32.4 Å². The van der Waals surface area contributed by atoms with Gasteiger partial charge in [0.15, 0.2) is 5.76 Å². The van der Waals surface area contributed by atoms with Crippen LogP contribution in [0.5, 0.6) is 0 Å². The first-order valence-electron chi connectivity index (χ1n) is 12.9. The lowest BCUT2D eigenvalue weighted by atomic mass is 10.0. The fourth-order valence-corrected chi connectivity index (χ4v) is 5.49. The van der Waals surface area contributed by atoms with Gasteiger partial charge in [0, 0.05) is 31.1 Å². The highest BCUT2D eigenvalue weighted by molar-refractivity contribution is 7.09. The molecule has 2 saturated heterocycles. The minimum absolute atomic E-state index is 0.0536. The molecule has 2 aliphatic rings. The number of furan rings is 1. The Labute approximate surface area is 225 Å². The van der Waals surface area contributed by atoms with Gasteiger partial charge in [0.2, 0.25) is 5.91 Å². The lowest BCUT2D eigenvalue weighted by molar-refractivity contribution is -0.126. The van der Waals surface area contributed by atoms with Crippen molar-refractivity contribution >= 4 is 23.2 Å². The highest BCUT2D eigenvalue weighted by atomic mass is 32.1.